The summed E-state index contributed by atoms with van der Waals surface area (Å²) in [7, 11) is 1.44. The van der Waals surface area contributed by atoms with Crippen molar-refractivity contribution >= 4 is 15.9 Å². The molecule has 5 heteroatoms. The number of halogens is 2. The standard InChI is InChI=1S/C12H15BrFNO2/c1-17-11-7(13)5-8(14)9(10(11)16)12(6-15)3-2-4-12/h5,16H,2-4,6,15H2,1H3. The summed E-state index contributed by atoms with van der Waals surface area (Å²) in [6.45, 7) is 0.336. The Hall–Kier alpha value is -0.810. The van der Waals surface area contributed by atoms with Crippen LogP contribution in [0.2, 0.25) is 0 Å². The number of benzene rings is 1. The highest BCUT2D eigenvalue weighted by atomic mass is 79.9. The molecule has 1 aliphatic rings. The molecule has 94 valence electrons. The highest BCUT2D eigenvalue weighted by molar-refractivity contribution is 9.10. The van der Waals surface area contributed by atoms with Gasteiger partial charge in [-0.05, 0) is 34.8 Å². The van der Waals surface area contributed by atoms with Crippen molar-refractivity contribution in [3.05, 3.63) is 21.9 Å². The lowest BCUT2D eigenvalue weighted by atomic mass is 9.64. The van der Waals surface area contributed by atoms with E-state index in [1.165, 1.54) is 13.2 Å². The van der Waals surface area contributed by atoms with E-state index >= 15 is 0 Å². The SMILES string of the molecule is COc1c(Br)cc(F)c(C2(CN)CCC2)c1O. The summed E-state index contributed by atoms with van der Waals surface area (Å²) < 4.78 is 19.5. The average molecular weight is 304 g/mol. The van der Waals surface area contributed by atoms with Crippen LogP contribution in [0, 0.1) is 5.82 Å². The molecule has 3 N–H and O–H groups in total. The number of methoxy groups -OCH3 is 1. The van der Waals surface area contributed by atoms with Crippen LogP contribution in [0.1, 0.15) is 24.8 Å². The summed E-state index contributed by atoms with van der Waals surface area (Å²) in [6, 6.07) is 1.32. The van der Waals surface area contributed by atoms with Gasteiger partial charge >= 0.3 is 0 Å². The van der Waals surface area contributed by atoms with E-state index in [2.05, 4.69) is 15.9 Å². The van der Waals surface area contributed by atoms with Crippen molar-refractivity contribution in [2.75, 3.05) is 13.7 Å². The number of hydrogen-bond acceptors (Lipinski definition) is 3. The van der Waals surface area contributed by atoms with Gasteiger partial charge in [0.25, 0.3) is 0 Å². The van der Waals surface area contributed by atoms with E-state index in [1.54, 1.807) is 0 Å². The Morgan fingerprint density at radius 1 is 1.59 bits per heavy atom. The third-order valence-electron chi connectivity index (χ3n) is 3.60. The molecular weight excluding hydrogens is 289 g/mol. The first-order valence-electron chi connectivity index (χ1n) is 5.51. The van der Waals surface area contributed by atoms with Crippen LogP contribution in [-0.4, -0.2) is 18.8 Å². The molecule has 17 heavy (non-hydrogen) atoms. The Morgan fingerprint density at radius 2 is 2.24 bits per heavy atom. The number of rotatable bonds is 3. The van der Waals surface area contributed by atoms with Crippen LogP contribution in [0.4, 0.5) is 4.39 Å². The lowest BCUT2D eigenvalue weighted by Crippen LogP contribution is -2.42. The van der Waals surface area contributed by atoms with Gasteiger partial charge in [0.1, 0.15) is 5.82 Å². The maximum atomic E-state index is 14.0. The van der Waals surface area contributed by atoms with E-state index in [1.807, 2.05) is 0 Å². The lowest BCUT2D eigenvalue weighted by Gasteiger charge is -2.42. The normalized spacial score (nSPS) is 17.6. The number of ether oxygens (including phenoxy) is 1. The zero-order valence-electron chi connectivity index (χ0n) is 9.59. The van der Waals surface area contributed by atoms with Gasteiger partial charge in [0.15, 0.2) is 11.5 Å². The molecule has 1 aliphatic carbocycles. The van der Waals surface area contributed by atoms with E-state index < -0.39 is 11.2 Å². The van der Waals surface area contributed by atoms with Gasteiger partial charge in [0.2, 0.25) is 0 Å². The largest absolute Gasteiger partial charge is 0.504 e. The first-order valence-corrected chi connectivity index (χ1v) is 6.30. The highest BCUT2D eigenvalue weighted by Gasteiger charge is 2.42. The molecule has 0 amide bonds. The number of hydrogen-bond donors (Lipinski definition) is 2. The van der Waals surface area contributed by atoms with E-state index in [0.717, 1.165) is 19.3 Å². The van der Waals surface area contributed by atoms with Crippen LogP contribution in [0.5, 0.6) is 11.5 Å². The number of nitrogens with two attached hydrogens (primary N) is 1. The predicted octanol–water partition coefficient (Wildman–Crippen LogP) is 2.68. The summed E-state index contributed by atoms with van der Waals surface area (Å²) in [6.07, 6.45) is 2.62. The highest BCUT2D eigenvalue weighted by Crippen LogP contribution is 2.51. The van der Waals surface area contributed by atoms with E-state index in [9.17, 15) is 9.50 Å². The van der Waals surface area contributed by atoms with Crippen molar-refractivity contribution in [3.63, 3.8) is 0 Å². The Morgan fingerprint density at radius 3 is 2.65 bits per heavy atom. The fourth-order valence-electron chi connectivity index (χ4n) is 2.45. The minimum absolute atomic E-state index is 0.135. The molecule has 3 nitrogen and oxygen atoms in total. The van der Waals surface area contributed by atoms with Gasteiger partial charge in [-0.25, -0.2) is 4.39 Å². The fraction of sp³-hybridized carbons (Fsp3) is 0.500. The maximum absolute atomic E-state index is 14.0. The third-order valence-corrected chi connectivity index (χ3v) is 4.19. The summed E-state index contributed by atoms with van der Waals surface area (Å²) in [5.74, 6) is -0.300. The average Bonchev–Trinajstić information content (AvgIpc) is 2.21. The third kappa shape index (κ3) is 1.81. The molecule has 0 radical (unpaired) electrons. The molecule has 1 saturated carbocycles. The molecule has 0 atom stereocenters. The van der Waals surface area contributed by atoms with Gasteiger partial charge in [0, 0.05) is 17.5 Å². The molecule has 0 bridgehead atoms. The monoisotopic (exact) mass is 303 g/mol. The summed E-state index contributed by atoms with van der Waals surface area (Å²) >= 11 is 3.16. The van der Waals surface area contributed by atoms with Crippen molar-refractivity contribution in [1.82, 2.24) is 0 Å². The topological polar surface area (TPSA) is 55.5 Å². The number of phenols is 1. The lowest BCUT2D eigenvalue weighted by molar-refractivity contribution is 0.233. The van der Waals surface area contributed by atoms with Crippen molar-refractivity contribution in [2.24, 2.45) is 5.73 Å². The van der Waals surface area contributed by atoms with Crippen LogP contribution >= 0.6 is 15.9 Å². The summed E-state index contributed by atoms with van der Waals surface area (Å²) in [5.41, 5.74) is 5.61. The predicted molar refractivity (Wildman–Crippen MR) is 66.9 cm³/mol. The zero-order chi connectivity index (χ0) is 12.6. The van der Waals surface area contributed by atoms with E-state index in [4.69, 9.17) is 10.5 Å². The molecule has 0 aromatic heterocycles. The Labute approximate surface area is 108 Å². The van der Waals surface area contributed by atoms with Gasteiger partial charge in [0.05, 0.1) is 11.6 Å². The van der Waals surface area contributed by atoms with Crippen molar-refractivity contribution in [2.45, 2.75) is 24.7 Å². The maximum Gasteiger partial charge on any atom is 0.175 e. The fourth-order valence-corrected chi connectivity index (χ4v) is 3.00. The van der Waals surface area contributed by atoms with Crippen molar-refractivity contribution in [1.29, 1.82) is 0 Å². The smallest absolute Gasteiger partial charge is 0.175 e. The summed E-state index contributed by atoms with van der Waals surface area (Å²) in [4.78, 5) is 0. The van der Waals surface area contributed by atoms with E-state index in [0.29, 0.717) is 16.6 Å². The van der Waals surface area contributed by atoms with E-state index in [-0.39, 0.29) is 11.5 Å². The quantitative estimate of drug-likeness (QED) is 0.902. The molecule has 0 aliphatic heterocycles. The Bertz CT molecular complexity index is 441. The minimum Gasteiger partial charge on any atom is -0.504 e. The van der Waals surface area contributed by atoms with Crippen LogP contribution in [-0.2, 0) is 5.41 Å². The number of phenolic OH excluding ortho intramolecular Hbond substituents is 1. The summed E-state index contributed by atoms with van der Waals surface area (Å²) in [5, 5.41) is 10.1. The zero-order valence-corrected chi connectivity index (χ0v) is 11.2. The van der Waals surface area contributed by atoms with Crippen LogP contribution in [0.3, 0.4) is 0 Å². The van der Waals surface area contributed by atoms with Gasteiger partial charge in [-0.1, -0.05) is 6.42 Å². The second-order valence-electron chi connectivity index (χ2n) is 4.44. The minimum atomic E-state index is -0.430. The second-order valence-corrected chi connectivity index (χ2v) is 5.29. The Balaban J connectivity index is 2.61. The van der Waals surface area contributed by atoms with Crippen LogP contribution in [0.15, 0.2) is 10.5 Å². The molecule has 1 fully saturated rings. The van der Waals surface area contributed by atoms with Crippen molar-refractivity contribution < 1.29 is 14.2 Å². The van der Waals surface area contributed by atoms with Gasteiger partial charge in [-0.2, -0.15) is 0 Å². The van der Waals surface area contributed by atoms with Gasteiger partial charge < -0.3 is 15.6 Å². The van der Waals surface area contributed by atoms with Crippen LogP contribution < -0.4 is 10.5 Å². The van der Waals surface area contributed by atoms with Gasteiger partial charge in [-0.15, -0.1) is 0 Å². The van der Waals surface area contributed by atoms with Crippen LogP contribution in [0.25, 0.3) is 0 Å². The van der Waals surface area contributed by atoms with Gasteiger partial charge in [-0.3, -0.25) is 0 Å². The molecule has 2 rings (SSSR count). The van der Waals surface area contributed by atoms with Crippen molar-refractivity contribution in [3.8, 4) is 11.5 Å². The molecule has 1 aromatic carbocycles. The first kappa shape index (κ1) is 12.6. The Kier molecular flexibility index (Phi) is 3.32. The molecule has 0 spiro atoms. The molecule has 0 unspecified atom stereocenters. The molecule has 0 heterocycles. The second kappa shape index (κ2) is 4.46. The molecule has 0 saturated heterocycles. The molecule has 1 aromatic rings. The first-order chi connectivity index (χ1) is 8.05. The number of aromatic hydroxyl groups is 1. The molecular formula is C12H15BrFNO2.